The van der Waals surface area contributed by atoms with E-state index in [0.29, 0.717) is 0 Å². The molecule has 0 atom stereocenters. The summed E-state index contributed by atoms with van der Waals surface area (Å²) in [5.74, 6) is 0.797. The van der Waals surface area contributed by atoms with E-state index >= 15 is 0 Å². The van der Waals surface area contributed by atoms with Crippen molar-refractivity contribution in [3.05, 3.63) is 54.1 Å². The molecule has 0 unspecified atom stereocenters. The van der Waals surface area contributed by atoms with Crippen molar-refractivity contribution in [3.8, 4) is 0 Å². The molecule has 4 heteroatoms. The van der Waals surface area contributed by atoms with Crippen molar-refractivity contribution in [1.29, 1.82) is 0 Å². The van der Waals surface area contributed by atoms with Gasteiger partial charge >= 0.3 is 0 Å². The third-order valence-electron chi connectivity index (χ3n) is 5.14. The van der Waals surface area contributed by atoms with E-state index in [1.807, 2.05) is 30.3 Å². The van der Waals surface area contributed by atoms with Gasteiger partial charge in [-0.15, -0.1) is 0 Å². The van der Waals surface area contributed by atoms with Gasteiger partial charge in [0.15, 0.2) is 0 Å². The smallest absolute Gasteiger partial charge is 0.243 e. The fourth-order valence-electron chi connectivity index (χ4n) is 3.40. The summed E-state index contributed by atoms with van der Waals surface area (Å²) < 4.78 is 0. The van der Waals surface area contributed by atoms with Gasteiger partial charge in [0, 0.05) is 30.2 Å². The Labute approximate surface area is 156 Å². The Morgan fingerprint density at radius 2 is 1.77 bits per heavy atom. The summed E-state index contributed by atoms with van der Waals surface area (Å²) >= 11 is 0. The van der Waals surface area contributed by atoms with Gasteiger partial charge in [0.1, 0.15) is 0 Å². The maximum Gasteiger partial charge on any atom is 0.243 e. The largest absolute Gasteiger partial charge is 0.376 e. The molecule has 2 aromatic rings. The fraction of sp³-hybridized carbons (Fsp3) is 0.409. The maximum atomic E-state index is 12.2. The van der Waals surface area contributed by atoms with Crippen LogP contribution >= 0.6 is 0 Å². The first-order chi connectivity index (χ1) is 12.7. The van der Waals surface area contributed by atoms with Crippen LogP contribution in [-0.4, -0.2) is 25.5 Å². The highest BCUT2D eigenvalue weighted by molar-refractivity contribution is 5.94. The van der Waals surface area contributed by atoms with E-state index in [1.165, 1.54) is 24.1 Å². The first kappa shape index (κ1) is 18.3. The van der Waals surface area contributed by atoms with Crippen molar-refractivity contribution < 1.29 is 4.79 Å². The zero-order valence-electron chi connectivity index (χ0n) is 15.8. The topological polar surface area (TPSA) is 44.4 Å². The quantitative estimate of drug-likeness (QED) is 0.803. The van der Waals surface area contributed by atoms with Crippen LogP contribution in [-0.2, 0) is 11.2 Å². The summed E-state index contributed by atoms with van der Waals surface area (Å²) in [5, 5.41) is 6.20. The van der Waals surface area contributed by atoms with Crippen LogP contribution in [0.1, 0.15) is 32.3 Å². The van der Waals surface area contributed by atoms with Crippen LogP contribution in [0, 0.1) is 5.92 Å². The van der Waals surface area contributed by atoms with Gasteiger partial charge in [0.25, 0.3) is 0 Å². The van der Waals surface area contributed by atoms with Crippen LogP contribution in [0.5, 0.6) is 0 Å². The number of aryl methyl sites for hydroxylation is 1. The van der Waals surface area contributed by atoms with E-state index in [2.05, 4.69) is 47.6 Å². The molecule has 1 amide bonds. The first-order valence-corrected chi connectivity index (χ1v) is 9.62. The molecule has 26 heavy (non-hydrogen) atoms. The number of nitrogens with zero attached hydrogens (tertiary/aromatic N) is 1. The number of piperidine rings is 1. The third-order valence-corrected chi connectivity index (χ3v) is 5.14. The number of benzene rings is 2. The molecule has 0 radical (unpaired) electrons. The molecule has 1 fully saturated rings. The van der Waals surface area contributed by atoms with Crippen molar-refractivity contribution in [2.75, 3.05) is 35.2 Å². The number of rotatable bonds is 6. The van der Waals surface area contributed by atoms with Crippen LogP contribution < -0.4 is 15.5 Å². The minimum absolute atomic E-state index is 0.0320. The fourth-order valence-corrected chi connectivity index (χ4v) is 3.40. The average molecular weight is 351 g/mol. The van der Waals surface area contributed by atoms with Crippen LogP contribution in [0.15, 0.2) is 48.5 Å². The number of hydrogen-bond donors (Lipinski definition) is 2. The summed E-state index contributed by atoms with van der Waals surface area (Å²) in [6, 6.07) is 16.3. The minimum Gasteiger partial charge on any atom is -0.376 e. The van der Waals surface area contributed by atoms with E-state index in [0.717, 1.165) is 36.8 Å². The molecule has 138 valence electrons. The highest BCUT2D eigenvalue weighted by Crippen LogP contribution is 2.24. The lowest BCUT2D eigenvalue weighted by Crippen LogP contribution is -2.32. The van der Waals surface area contributed by atoms with Crippen molar-refractivity contribution in [1.82, 2.24) is 0 Å². The molecule has 1 saturated heterocycles. The number of nitrogens with one attached hydrogen (secondary N) is 2. The van der Waals surface area contributed by atoms with E-state index in [9.17, 15) is 4.79 Å². The van der Waals surface area contributed by atoms with E-state index < -0.39 is 0 Å². The Kier molecular flexibility index (Phi) is 6.16. The Balaban J connectivity index is 1.51. The van der Waals surface area contributed by atoms with Crippen molar-refractivity contribution in [2.24, 2.45) is 5.92 Å². The Bertz CT molecular complexity index is 718. The van der Waals surface area contributed by atoms with Gasteiger partial charge in [0.05, 0.1) is 6.54 Å². The first-order valence-electron chi connectivity index (χ1n) is 9.62. The van der Waals surface area contributed by atoms with Gasteiger partial charge in [-0.2, -0.15) is 0 Å². The minimum atomic E-state index is -0.0320. The molecule has 1 heterocycles. The van der Waals surface area contributed by atoms with Gasteiger partial charge < -0.3 is 15.5 Å². The second kappa shape index (κ2) is 8.75. The van der Waals surface area contributed by atoms with Crippen molar-refractivity contribution in [3.63, 3.8) is 0 Å². The van der Waals surface area contributed by atoms with Gasteiger partial charge in [0.2, 0.25) is 5.91 Å². The Morgan fingerprint density at radius 3 is 2.46 bits per heavy atom. The zero-order chi connectivity index (χ0) is 18.4. The number of hydrogen-bond acceptors (Lipinski definition) is 3. The van der Waals surface area contributed by atoms with Gasteiger partial charge in [-0.1, -0.05) is 32.0 Å². The molecule has 0 bridgehead atoms. The monoisotopic (exact) mass is 351 g/mol. The third kappa shape index (κ3) is 4.78. The molecular formula is C22H29N3O. The van der Waals surface area contributed by atoms with Crippen LogP contribution in [0.25, 0.3) is 0 Å². The molecule has 0 saturated carbocycles. The Morgan fingerprint density at radius 1 is 1.08 bits per heavy atom. The summed E-state index contributed by atoms with van der Waals surface area (Å²) in [6.45, 7) is 6.94. The standard InChI is InChI=1S/C22H29N3O/c1-3-18-6-4-5-7-21(18)23-16-22(26)24-19-8-10-20(11-9-19)25-14-12-17(2)13-15-25/h4-11,17,23H,3,12-16H2,1-2H3,(H,24,26). The van der Waals surface area contributed by atoms with Crippen LogP contribution in [0.2, 0.25) is 0 Å². The average Bonchev–Trinajstić information content (AvgIpc) is 2.68. The summed E-state index contributed by atoms with van der Waals surface area (Å²) in [4.78, 5) is 14.6. The number of carbonyl (C=O) groups is 1. The molecular weight excluding hydrogens is 322 g/mol. The Hall–Kier alpha value is -2.49. The van der Waals surface area contributed by atoms with E-state index in [1.54, 1.807) is 0 Å². The van der Waals surface area contributed by atoms with Gasteiger partial charge in [-0.3, -0.25) is 4.79 Å². The van der Waals surface area contributed by atoms with Gasteiger partial charge in [-0.05, 0) is 61.1 Å². The van der Waals surface area contributed by atoms with E-state index in [4.69, 9.17) is 0 Å². The maximum absolute atomic E-state index is 12.2. The highest BCUT2D eigenvalue weighted by atomic mass is 16.1. The predicted molar refractivity (Wildman–Crippen MR) is 110 cm³/mol. The molecule has 0 aliphatic carbocycles. The van der Waals surface area contributed by atoms with Crippen LogP contribution in [0.4, 0.5) is 17.1 Å². The second-order valence-corrected chi connectivity index (χ2v) is 7.13. The second-order valence-electron chi connectivity index (χ2n) is 7.13. The normalized spacial score (nSPS) is 14.9. The molecule has 1 aliphatic rings. The molecule has 0 aromatic heterocycles. The molecule has 1 aliphatic heterocycles. The lowest BCUT2D eigenvalue weighted by atomic mass is 9.99. The molecule has 0 spiro atoms. The number of carbonyl (C=O) groups excluding carboxylic acids is 1. The summed E-state index contributed by atoms with van der Waals surface area (Å²) in [7, 11) is 0. The number of amides is 1. The molecule has 2 aromatic carbocycles. The molecule has 3 rings (SSSR count). The lowest BCUT2D eigenvalue weighted by molar-refractivity contribution is -0.114. The zero-order valence-corrected chi connectivity index (χ0v) is 15.8. The van der Waals surface area contributed by atoms with Crippen molar-refractivity contribution in [2.45, 2.75) is 33.1 Å². The van der Waals surface area contributed by atoms with Crippen LogP contribution in [0.3, 0.4) is 0 Å². The summed E-state index contributed by atoms with van der Waals surface area (Å²) in [5.41, 5.74) is 4.33. The van der Waals surface area contributed by atoms with E-state index in [-0.39, 0.29) is 12.5 Å². The highest BCUT2D eigenvalue weighted by Gasteiger charge is 2.15. The molecule has 2 N–H and O–H groups in total. The van der Waals surface area contributed by atoms with Gasteiger partial charge in [-0.25, -0.2) is 0 Å². The van der Waals surface area contributed by atoms with Crippen molar-refractivity contribution >= 4 is 23.0 Å². The predicted octanol–water partition coefficient (Wildman–Crippen LogP) is 4.54. The molecule has 4 nitrogen and oxygen atoms in total. The lowest BCUT2D eigenvalue weighted by Gasteiger charge is -2.32. The number of para-hydroxylation sites is 1. The number of anilines is 3. The summed E-state index contributed by atoms with van der Waals surface area (Å²) in [6.07, 6.45) is 3.45. The SMILES string of the molecule is CCc1ccccc1NCC(=O)Nc1ccc(N2CCC(C)CC2)cc1.